The number of nitrogens with zero attached hydrogens (tertiary/aromatic N) is 3. The van der Waals surface area contributed by atoms with Crippen LogP contribution in [0.1, 0.15) is 0 Å². The molecular formula is C10H6BrN3. The van der Waals surface area contributed by atoms with E-state index in [0.29, 0.717) is 5.69 Å². The average molecular weight is 248 g/mol. The van der Waals surface area contributed by atoms with Gasteiger partial charge < -0.3 is 0 Å². The molecule has 2 aromatic rings. The second-order valence-electron chi connectivity index (χ2n) is 2.69. The second-order valence-corrected chi connectivity index (χ2v) is 3.40. The highest BCUT2D eigenvalue weighted by atomic mass is 79.9. The molecule has 0 saturated carbocycles. The van der Waals surface area contributed by atoms with Crippen LogP contribution in [-0.2, 0) is 0 Å². The molecule has 0 amide bonds. The molecule has 0 fully saturated rings. The van der Waals surface area contributed by atoms with Gasteiger partial charge in [0.25, 0.3) is 0 Å². The Morgan fingerprint density at radius 2 is 2.00 bits per heavy atom. The molecule has 0 spiro atoms. The largest absolute Gasteiger partial charge is 0.295 e. The van der Waals surface area contributed by atoms with Crippen LogP contribution in [-0.4, -0.2) is 9.55 Å². The fraction of sp³-hybridized carbons (Fsp3) is 0. The van der Waals surface area contributed by atoms with E-state index in [1.54, 1.807) is 18.3 Å². The predicted octanol–water partition coefficient (Wildman–Crippen LogP) is 3.19. The first kappa shape index (κ1) is 8.97. The smallest absolute Gasteiger partial charge is 0.187 e. The van der Waals surface area contributed by atoms with Crippen LogP contribution in [0.3, 0.4) is 0 Å². The number of imidazole rings is 1. The first-order valence-corrected chi connectivity index (χ1v) is 4.77. The lowest BCUT2D eigenvalue weighted by Gasteiger charge is -2.02. The van der Waals surface area contributed by atoms with E-state index in [1.165, 1.54) is 0 Å². The molecule has 4 heteroatoms. The zero-order valence-corrected chi connectivity index (χ0v) is 8.77. The highest BCUT2D eigenvalue weighted by molar-refractivity contribution is 9.10. The van der Waals surface area contributed by atoms with E-state index >= 15 is 0 Å². The van der Waals surface area contributed by atoms with Crippen molar-refractivity contribution in [2.24, 2.45) is 0 Å². The summed E-state index contributed by atoms with van der Waals surface area (Å²) in [5.41, 5.74) is 1.63. The van der Waals surface area contributed by atoms with Crippen molar-refractivity contribution in [2.45, 2.75) is 0 Å². The Bertz CT molecular complexity index is 479. The number of halogens is 1. The maximum Gasteiger partial charge on any atom is 0.187 e. The van der Waals surface area contributed by atoms with Crippen molar-refractivity contribution in [3.63, 3.8) is 0 Å². The molecule has 0 radical (unpaired) electrons. The van der Waals surface area contributed by atoms with Crippen LogP contribution in [0.25, 0.3) is 10.5 Å². The molecule has 14 heavy (non-hydrogen) atoms. The van der Waals surface area contributed by atoms with Crippen molar-refractivity contribution in [3.05, 3.63) is 52.8 Å². The van der Waals surface area contributed by atoms with Crippen molar-refractivity contribution < 1.29 is 0 Å². The van der Waals surface area contributed by atoms with Gasteiger partial charge in [0.2, 0.25) is 0 Å². The minimum atomic E-state index is 0.644. The Kier molecular flexibility index (Phi) is 2.33. The lowest BCUT2D eigenvalue weighted by molar-refractivity contribution is 1.01. The molecule has 0 unspecified atom stereocenters. The summed E-state index contributed by atoms with van der Waals surface area (Å²) in [7, 11) is 0. The fourth-order valence-corrected chi connectivity index (χ4v) is 1.61. The van der Waals surface area contributed by atoms with Gasteiger partial charge >= 0.3 is 0 Å². The molecule has 0 N–H and O–H groups in total. The molecule has 3 nitrogen and oxygen atoms in total. The minimum absolute atomic E-state index is 0.644. The number of hydrogen-bond donors (Lipinski definition) is 0. The topological polar surface area (TPSA) is 22.2 Å². The van der Waals surface area contributed by atoms with Gasteiger partial charge in [-0.25, -0.2) is 9.83 Å². The lowest BCUT2D eigenvalue weighted by Crippen LogP contribution is -1.91. The van der Waals surface area contributed by atoms with E-state index in [4.69, 9.17) is 6.57 Å². The van der Waals surface area contributed by atoms with Gasteiger partial charge in [0.05, 0.1) is 6.57 Å². The molecule has 0 atom stereocenters. The maximum absolute atomic E-state index is 6.83. The molecule has 0 bridgehead atoms. The van der Waals surface area contributed by atoms with E-state index < -0.39 is 0 Å². The summed E-state index contributed by atoms with van der Waals surface area (Å²) >= 11 is 3.33. The third-order valence-corrected chi connectivity index (χ3v) is 2.44. The number of rotatable bonds is 1. The van der Waals surface area contributed by atoms with E-state index in [0.717, 1.165) is 10.4 Å². The van der Waals surface area contributed by atoms with Gasteiger partial charge in [-0.05, 0) is 28.1 Å². The van der Waals surface area contributed by atoms with E-state index in [-0.39, 0.29) is 0 Å². The third-order valence-electron chi connectivity index (χ3n) is 1.85. The Balaban J connectivity index is 2.45. The van der Waals surface area contributed by atoms with Gasteiger partial charge in [0.1, 0.15) is 0 Å². The summed E-state index contributed by atoms with van der Waals surface area (Å²) in [6.07, 6.45) is 3.57. The first-order chi connectivity index (χ1) is 6.81. The Morgan fingerprint density at radius 3 is 2.50 bits per heavy atom. The molecule has 0 aliphatic heterocycles. The molecule has 1 aromatic heterocycles. The van der Waals surface area contributed by atoms with Crippen LogP contribution in [0, 0.1) is 6.57 Å². The summed E-state index contributed by atoms with van der Waals surface area (Å²) in [6, 6.07) is 7.35. The second kappa shape index (κ2) is 3.64. The third kappa shape index (κ3) is 1.54. The summed E-state index contributed by atoms with van der Waals surface area (Å²) in [5, 5.41) is 0. The van der Waals surface area contributed by atoms with E-state index in [9.17, 15) is 0 Å². The van der Waals surface area contributed by atoms with Crippen LogP contribution < -0.4 is 0 Å². The minimum Gasteiger partial charge on any atom is -0.295 e. The highest BCUT2D eigenvalue weighted by Crippen LogP contribution is 2.18. The van der Waals surface area contributed by atoms with Gasteiger partial charge in [0.15, 0.2) is 10.4 Å². The van der Waals surface area contributed by atoms with Crippen LogP contribution in [0.2, 0.25) is 0 Å². The summed E-state index contributed by atoms with van der Waals surface area (Å²) in [6.45, 7) is 6.83. The van der Waals surface area contributed by atoms with Crippen molar-refractivity contribution in [3.8, 4) is 5.69 Å². The lowest BCUT2D eigenvalue weighted by atomic mass is 10.3. The zero-order valence-electron chi connectivity index (χ0n) is 7.18. The van der Waals surface area contributed by atoms with Crippen LogP contribution in [0.15, 0.2) is 41.4 Å². The first-order valence-electron chi connectivity index (χ1n) is 3.98. The number of benzene rings is 1. The van der Waals surface area contributed by atoms with Crippen molar-refractivity contribution in [2.75, 3.05) is 0 Å². The van der Waals surface area contributed by atoms with Gasteiger partial charge in [-0.15, -0.1) is 0 Å². The molecule has 0 aliphatic rings. The number of aromatic nitrogens is 2. The molecule has 0 aliphatic carbocycles. The Labute approximate surface area is 90.0 Å². The van der Waals surface area contributed by atoms with Crippen LogP contribution in [0.4, 0.5) is 5.69 Å². The van der Waals surface area contributed by atoms with Gasteiger partial charge in [0, 0.05) is 18.1 Å². The average Bonchev–Trinajstić information content (AvgIpc) is 2.65. The quantitative estimate of drug-likeness (QED) is 0.710. The molecule has 1 heterocycles. The molecule has 0 saturated heterocycles. The van der Waals surface area contributed by atoms with Gasteiger partial charge in [-0.1, -0.05) is 12.1 Å². The highest BCUT2D eigenvalue weighted by Gasteiger charge is 2.00. The molecular weight excluding hydrogens is 242 g/mol. The molecule has 68 valence electrons. The van der Waals surface area contributed by atoms with E-state index in [2.05, 4.69) is 25.8 Å². The van der Waals surface area contributed by atoms with Crippen LogP contribution >= 0.6 is 15.9 Å². The monoisotopic (exact) mass is 247 g/mol. The molecule has 2 rings (SSSR count). The summed E-state index contributed by atoms with van der Waals surface area (Å²) in [5.74, 6) is 0. The van der Waals surface area contributed by atoms with Crippen molar-refractivity contribution >= 4 is 21.6 Å². The van der Waals surface area contributed by atoms with E-state index in [1.807, 2.05) is 22.9 Å². The Hall–Kier alpha value is -1.60. The van der Waals surface area contributed by atoms with Gasteiger partial charge in [-0.2, -0.15) is 0 Å². The van der Waals surface area contributed by atoms with Crippen molar-refractivity contribution in [1.82, 2.24) is 9.55 Å². The zero-order chi connectivity index (χ0) is 9.97. The SMILES string of the molecule is [C-]#[N+]c1ccc(-n2ccnc2Br)cc1. The fourth-order valence-electron chi connectivity index (χ4n) is 1.17. The normalized spacial score (nSPS) is 9.71. The Morgan fingerprint density at radius 1 is 1.29 bits per heavy atom. The maximum atomic E-state index is 6.83. The summed E-state index contributed by atoms with van der Waals surface area (Å²) in [4.78, 5) is 7.38. The predicted molar refractivity (Wildman–Crippen MR) is 57.5 cm³/mol. The van der Waals surface area contributed by atoms with Crippen LogP contribution in [0.5, 0.6) is 0 Å². The van der Waals surface area contributed by atoms with Gasteiger partial charge in [-0.3, -0.25) is 4.57 Å². The number of hydrogen-bond acceptors (Lipinski definition) is 1. The van der Waals surface area contributed by atoms with Crippen molar-refractivity contribution in [1.29, 1.82) is 0 Å². The summed E-state index contributed by atoms with van der Waals surface area (Å²) < 4.78 is 2.65. The molecule has 1 aromatic carbocycles. The standard InChI is InChI=1S/C10H6BrN3/c1-12-8-2-4-9(5-3-8)14-7-6-13-10(14)11/h2-7H.